The molecule has 1 aromatic heterocycles. The number of nitrogens with zero attached hydrogens (tertiary/aromatic N) is 2. The van der Waals surface area contributed by atoms with Crippen molar-refractivity contribution in [1.82, 2.24) is 9.55 Å². The maximum Gasteiger partial charge on any atom is 0.123 e. The highest BCUT2D eigenvalue weighted by atomic mass is 35.5. The van der Waals surface area contributed by atoms with Crippen molar-refractivity contribution in [2.75, 3.05) is 5.88 Å². The van der Waals surface area contributed by atoms with Gasteiger partial charge in [0.15, 0.2) is 0 Å². The first kappa shape index (κ1) is 13.4. The van der Waals surface area contributed by atoms with Gasteiger partial charge in [-0.1, -0.05) is 17.7 Å². The standard InChI is InChI=1S/C15H11Cl2FN2/c16-9-8-14-19-13-3-1-2-12(17)15(13)20(14)11-6-4-10(18)5-7-11/h1-7H,8-9H2. The van der Waals surface area contributed by atoms with Gasteiger partial charge in [0.1, 0.15) is 11.6 Å². The Morgan fingerprint density at radius 1 is 1.10 bits per heavy atom. The molecule has 0 aliphatic heterocycles. The summed E-state index contributed by atoms with van der Waals surface area (Å²) < 4.78 is 15.0. The van der Waals surface area contributed by atoms with Crippen molar-refractivity contribution in [1.29, 1.82) is 0 Å². The van der Waals surface area contributed by atoms with Crippen LogP contribution in [0.1, 0.15) is 5.82 Å². The second-order valence-corrected chi connectivity index (χ2v) is 5.17. The number of aromatic nitrogens is 2. The number of hydrogen-bond acceptors (Lipinski definition) is 1. The van der Waals surface area contributed by atoms with Gasteiger partial charge in [0.05, 0.1) is 16.1 Å². The van der Waals surface area contributed by atoms with Crippen molar-refractivity contribution >= 4 is 34.2 Å². The number of rotatable bonds is 3. The third-order valence-corrected chi connectivity index (χ3v) is 3.59. The normalized spacial score (nSPS) is 11.2. The van der Waals surface area contributed by atoms with Crippen LogP contribution in [0.5, 0.6) is 0 Å². The van der Waals surface area contributed by atoms with E-state index in [2.05, 4.69) is 4.98 Å². The predicted molar refractivity (Wildman–Crippen MR) is 80.5 cm³/mol. The maximum atomic E-state index is 13.1. The fraction of sp³-hybridized carbons (Fsp3) is 0.133. The average molecular weight is 309 g/mol. The zero-order valence-electron chi connectivity index (χ0n) is 10.5. The smallest absolute Gasteiger partial charge is 0.123 e. The monoisotopic (exact) mass is 308 g/mol. The molecule has 20 heavy (non-hydrogen) atoms. The molecule has 0 amide bonds. The first-order chi connectivity index (χ1) is 9.70. The van der Waals surface area contributed by atoms with Crippen molar-refractivity contribution in [3.8, 4) is 5.69 Å². The van der Waals surface area contributed by atoms with Crippen LogP contribution in [0.2, 0.25) is 5.02 Å². The van der Waals surface area contributed by atoms with Crippen molar-refractivity contribution in [3.63, 3.8) is 0 Å². The molecule has 0 spiro atoms. The van der Waals surface area contributed by atoms with E-state index in [1.165, 1.54) is 12.1 Å². The van der Waals surface area contributed by atoms with Crippen molar-refractivity contribution in [2.24, 2.45) is 0 Å². The Kier molecular flexibility index (Phi) is 3.64. The molecule has 5 heteroatoms. The highest BCUT2D eigenvalue weighted by molar-refractivity contribution is 6.35. The summed E-state index contributed by atoms with van der Waals surface area (Å²) in [6.45, 7) is 0. The van der Waals surface area contributed by atoms with Crippen LogP contribution >= 0.6 is 23.2 Å². The van der Waals surface area contributed by atoms with Crippen LogP contribution < -0.4 is 0 Å². The number of aryl methyl sites for hydroxylation is 1. The maximum absolute atomic E-state index is 13.1. The van der Waals surface area contributed by atoms with Crippen molar-refractivity contribution in [3.05, 3.63) is 59.1 Å². The Bertz CT molecular complexity index is 750. The van der Waals surface area contributed by atoms with Crippen LogP contribution in [0.15, 0.2) is 42.5 Å². The van der Waals surface area contributed by atoms with Gasteiger partial charge in [0.2, 0.25) is 0 Å². The number of para-hydroxylation sites is 1. The zero-order chi connectivity index (χ0) is 14.1. The molecular weight excluding hydrogens is 298 g/mol. The molecule has 0 unspecified atom stereocenters. The Hall–Kier alpha value is -1.58. The summed E-state index contributed by atoms with van der Waals surface area (Å²) in [6.07, 6.45) is 0.615. The van der Waals surface area contributed by atoms with E-state index in [9.17, 15) is 4.39 Å². The zero-order valence-corrected chi connectivity index (χ0v) is 12.0. The van der Waals surface area contributed by atoms with Crippen LogP contribution in [0.4, 0.5) is 4.39 Å². The van der Waals surface area contributed by atoms with Gasteiger partial charge in [0, 0.05) is 18.0 Å². The largest absolute Gasteiger partial charge is 0.295 e. The highest BCUT2D eigenvalue weighted by Crippen LogP contribution is 2.28. The highest BCUT2D eigenvalue weighted by Gasteiger charge is 2.14. The summed E-state index contributed by atoms with van der Waals surface area (Å²) in [5, 5.41) is 0.611. The van der Waals surface area contributed by atoms with E-state index in [-0.39, 0.29) is 5.82 Å². The Labute approximate surface area is 125 Å². The van der Waals surface area contributed by atoms with Crippen LogP contribution in [0, 0.1) is 5.82 Å². The third-order valence-electron chi connectivity index (χ3n) is 3.10. The minimum atomic E-state index is -0.275. The first-order valence-electron chi connectivity index (χ1n) is 6.18. The van der Waals surface area contributed by atoms with E-state index < -0.39 is 0 Å². The lowest BCUT2D eigenvalue weighted by molar-refractivity contribution is 0.627. The lowest BCUT2D eigenvalue weighted by Crippen LogP contribution is -2.02. The molecule has 0 radical (unpaired) electrons. The molecule has 0 N–H and O–H groups in total. The molecule has 3 rings (SSSR count). The SMILES string of the molecule is Fc1ccc(-n2c(CCCl)nc3cccc(Cl)c32)cc1. The second-order valence-electron chi connectivity index (χ2n) is 4.39. The molecule has 0 aliphatic carbocycles. The minimum absolute atomic E-state index is 0.275. The van der Waals surface area contributed by atoms with Crippen LogP contribution in [0.25, 0.3) is 16.7 Å². The molecule has 2 nitrogen and oxygen atoms in total. The predicted octanol–water partition coefficient (Wildman–Crippen LogP) is 4.60. The number of benzene rings is 2. The van der Waals surface area contributed by atoms with Gasteiger partial charge in [-0.15, -0.1) is 11.6 Å². The van der Waals surface area contributed by atoms with Crippen LogP contribution in [-0.4, -0.2) is 15.4 Å². The van der Waals surface area contributed by atoms with Gasteiger partial charge >= 0.3 is 0 Å². The summed E-state index contributed by atoms with van der Waals surface area (Å²) in [5.41, 5.74) is 2.45. The molecule has 0 aliphatic rings. The van der Waals surface area contributed by atoms with Crippen LogP contribution in [-0.2, 0) is 6.42 Å². The average Bonchev–Trinajstić information content (AvgIpc) is 2.80. The Morgan fingerprint density at radius 3 is 2.55 bits per heavy atom. The van der Waals surface area contributed by atoms with Gasteiger partial charge in [-0.2, -0.15) is 0 Å². The third kappa shape index (κ3) is 2.28. The summed E-state index contributed by atoms with van der Waals surface area (Å²) >= 11 is 12.1. The number of halogens is 3. The summed E-state index contributed by atoms with van der Waals surface area (Å²) in [7, 11) is 0. The molecule has 0 atom stereocenters. The Morgan fingerprint density at radius 2 is 1.85 bits per heavy atom. The number of fused-ring (bicyclic) bond motifs is 1. The molecule has 0 saturated carbocycles. The van der Waals surface area contributed by atoms with Crippen molar-refractivity contribution < 1.29 is 4.39 Å². The molecule has 0 saturated heterocycles. The van der Waals surface area contributed by atoms with Gasteiger partial charge < -0.3 is 0 Å². The summed E-state index contributed by atoms with van der Waals surface area (Å²) in [4.78, 5) is 4.56. The molecular formula is C15H11Cl2FN2. The molecule has 0 fully saturated rings. The lowest BCUT2D eigenvalue weighted by Gasteiger charge is -2.09. The molecule has 3 aromatic rings. The molecule has 0 bridgehead atoms. The number of hydrogen-bond donors (Lipinski definition) is 0. The van der Waals surface area contributed by atoms with Gasteiger partial charge in [0.25, 0.3) is 0 Å². The van der Waals surface area contributed by atoms with E-state index >= 15 is 0 Å². The lowest BCUT2D eigenvalue weighted by atomic mass is 10.2. The van der Waals surface area contributed by atoms with Gasteiger partial charge in [-0.25, -0.2) is 9.37 Å². The molecule has 102 valence electrons. The topological polar surface area (TPSA) is 17.8 Å². The van der Waals surface area contributed by atoms with Crippen LogP contribution in [0.3, 0.4) is 0 Å². The van der Waals surface area contributed by atoms with Gasteiger partial charge in [-0.3, -0.25) is 4.57 Å². The van der Waals surface area contributed by atoms with E-state index in [0.29, 0.717) is 17.3 Å². The van der Waals surface area contributed by atoms with E-state index in [1.54, 1.807) is 12.1 Å². The van der Waals surface area contributed by atoms with E-state index in [1.807, 2.05) is 22.8 Å². The number of alkyl halides is 1. The first-order valence-corrected chi connectivity index (χ1v) is 7.09. The fourth-order valence-corrected chi connectivity index (χ4v) is 2.68. The van der Waals surface area contributed by atoms with E-state index in [0.717, 1.165) is 22.5 Å². The van der Waals surface area contributed by atoms with E-state index in [4.69, 9.17) is 23.2 Å². The molecule has 2 aromatic carbocycles. The minimum Gasteiger partial charge on any atom is -0.295 e. The van der Waals surface area contributed by atoms with Crippen molar-refractivity contribution in [2.45, 2.75) is 6.42 Å². The Balaban J connectivity index is 2.30. The quantitative estimate of drug-likeness (QED) is 0.647. The number of imidazole rings is 1. The van der Waals surface area contributed by atoms with Gasteiger partial charge in [-0.05, 0) is 36.4 Å². The molecule has 1 heterocycles. The second kappa shape index (κ2) is 5.43. The fourth-order valence-electron chi connectivity index (χ4n) is 2.25. The summed E-state index contributed by atoms with van der Waals surface area (Å²) in [6, 6.07) is 11.8. The summed E-state index contributed by atoms with van der Waals surface area (Å²) in [5.74, 6) is 1.00.